The van der Waals surface area contributed by atoms with Crippen LogP contribution in [0, 0.1) is 19.1 Å². The third-order valence-corrected chi connectivity index (χ3v) is 8.29. The summed E-state index contributed by atoms with van der Waals surface area (Å²) in [6.45, 7) is 18.8. The van der Waals surface area contributed by atoms with Crippen molar-refractivity contribution in [3.8, 4) is 22.3 Å². The molecule has 0 spiro atoms. The molecule has 0 aromatic heterocycles. The van der Waals surface area contributed by atoms with Crippen LogP contribution in [0.3, 0.4) is 0 Å². The first-order valence-corrected chi connectivity index (χ1v) is 16.0. The molecule has 0 fully saturated rings. The van der Waals surface area contributed by atoms with Crippen molar-refractivity contribution in [3.63, 3.8) is 0 Å². The number of rotatable bonds is 12. The van der Waals surface area contributed by atoms with E-state index in [0.717, 1.165) is 50.6 Å². The van der Waals surface area contributed by atoms with E-state index in [2.05, 4.69) is 60.4 Å². The van der Waals surface area contributed by atoms with Crippen molar-refractivity contribution in [1.29, 1.82) is 0 Å². The van der Waals surface area contributed by atoms with E-state index in [1.54, 1.807) is 11.8 Å². The normalized spacial score (nSPS) is 10.9. The lowest BCUT2D eigenvalue weighted by Crippen LogP contribution is -2.14. The zero-order valence-corrected chi connectivity index (χ0v) is 26.5. The second-order valence-electron chi connectivity index (χ2n) is 10.1. The smallest absolute Gasteiger partial charge is 0.306 e. The molecular weight excluding hydrogens is 569 g/mol. The Hall–Kier alpha value is -3.97. The van der Waals surface area contributed by atoms with Crippen molar-refractivity contribution < 1.29 is 9.53 Å². The van der Waals surface area contributed by atoms with Crippen LogP contribution in [-0.2, 0) is 9.53 Å². The fraction of sp³-hybridized carbons (Fsp3) is 0.270. The highest BCUT2D eigenvalue weighted by molar-refractivity contribution is 7.99. The van der Waals surface area contributed by atoms with Crippen molar-refractivity contribution in [3.05, 3.63) is 120 Å². The molecule has 4 rings (SSSR count). The van der Waals surface area contributed by atoms with Gasteiger partial charge in [0.05, 0.1) is 26.2 Å². The lowest BCUT2D eigenvalue weighted by atomic mass is 10.0. The summed E-state index contributed by atoms with van der Waals surface area (Å²) in [5, 5.41) is 0. The van der Waals surface area contributed by atoms with Gasteiger partial charge in [-0.2, -0.15) is 0 Å². The fourth-order valence-corrected chi connectivity index (χ4v) is 5.27. The second-order valence-corrected chi connectivity index (χ2v) is 11.8. The maximum absolute atomic E-state index is 12.0. The van der Waals surface area contributed by atoms with Crippen LogP contribution < -0.4 is 0 Å². The first kappa shape index (κ1) is 33.5. The number of benzene rings is 4. The van der Waals surface area contributed by atoms with Crippen molar-refractivity contribution in [2.45, 2.75) is 55.7 Å². The average Bonchev–Trinajstić information content (AvgIpc) is 3.06. The highest BCUT2D eigenvalue weighted by Crippen LogP contribution is 2.27. The van der Waals surface area contributed by atoms with Gasteiger partial charge in [-0.05, 0) is 58.9 Å². The van der Waals surface area contributed by atoms with Gasteiger partial charge < -0.3 is 4.74 Å². The summed E-state index contributed by atoms with van der Waals surface area (Å²) in [6, 6.07) is 31.5. The highest BCUT2D eigenvalue weighted by atomic mass is 32.2. The van der Waals surface area contributed by atoms with E-state index < -0.39 is 0 Å². The maximum atomic E-state index is 12.0. The number of hydrogen-bond acceptors (Lipinski definition) is 4. The molecule has 6 heteroatoms. The Morgan fingerprint density at radius 2 is 1.23 bits per heavy atom. The molecule has 4 nitrogen and oxygen atoms in total. The van der Waals surface area contributed by atoms with Crippen LogP contribution in [0.4, 0.5) is 11.4 Å². The van der Waals surface area contributed by atoms with Crippen molar-refractivity contribution in [2.24, 2.45) is 5.92 Å². The average molecular weight is 607 g/mol. The van der Waals surface area contributed by atoms with Crippen LogP contribution in [0.15, 0.2) is 107 Å². The Morgan fingerprint density at radius 1 is 0.767 bits per heavy atom. The van der Waals surface area contributed by atoms with Gasteiger partial charge in [0.1, 0.15) is 0 Å². The number of thioether (sulfide) groups is 1. The molecule has 220 valence electrons. The summed E-state index contributed by atoms with van der Waals surface area (Å²) in [6.07, 6.45) is 5.03. The zero-order chi connectivity index (χ0) is 30.9. The number of ether oxygens (including phenoxy) is 1. The third-order valence-electron chi connectivity index (χ3n) is 6.98. The van der Waals surface area contributed by atoms with Crippen LogP contribution in [0.25, 0.3) is 31.9 Å². The van der Waals surface area contributed by atoms with Crippen LogP contribution in [0.1, 0.15) is 46.0 Å². The monoisotopic (exact) mass is 606 g/mol. The predicted molar refractivity (Wildman–Crippen MR) is 183 cm³/mol. The van der Waals surface area contributed by atoms with Crippen LogP contribution in [0.5, 0.6) is 0 Å². The van der Waals surface area contributed by atoms with Gasteiger partial charge in [-0.3, -0.25) is 4.79 Å². The number of esters is 1. The SMILES string of the molecule is [C-]#[N+]c1ccc(-c2ccc(S)cc2)cc1.[C-]#[N+]c1ccc(-c2ccc(SCCC(=O)OCC(CC)CCCC)cc2)cc1. The molecule has 0 aliphatic rings. The van der Waals surface area contributed by atoms with Gasteiger partial charge in [0, 0.05) is 15.5 Å². The summed E-state index contributed by atoms with van der Waals surface area (Å²) < 4.78 is 5.45. The lowest BCUT2D eigenvalue weighted by molar-refractivity contribution is -0.144. The molecule has 1 atom stereocenters. The minimum absolute atomic E-state index is 0.0982. The summed E-state index contributed by atoms with van der Waals surface area (Å²) in [5.74, 6) is 1.12. The minimum Gasteiger partial charge on any atom is -0.465 e. The third kappa shape index (κ3) is 11.7. The molecule has 0 amide bonds. The van der Waals surface area contributed by atoms with E-state index in [4.69, 9.17) is 17.9 Å². The van der Waals surface area contributed by atoms with Crippen molar-refractivity contribution >= 4 is 41.7 Å². The van der Waals surface area contributed by atoms with Crippen molar-refractivity contribution in [2.75, 3.05) is 12.4 Å². The lowest BCUT2D eigenvalue weighted by Gasteiger charge is -2.14. The molecule has 43 heavy (non-hydrogen) atoms. The van der Waals surface area contributed by atoms with Gasteiger partial charge >= 0.3 is 5.97 Å². The van der Waals surface area contributed by atoms with Crippen LogP contribution in [0.2, 0.25) is 0 Å². The van der Waals surface area contributed by atoms with E-state index in [-0.39, 0.29) is 5.97 Å². The standard InChI is InChI=1S/C24H29NO2S.C13H9NS/c1-4-6-7-19(5-2)18-27-24(26)16-17-28-23-14-10-21(11-15-23)20-8-12-22(25-3)13-9-20;1-14-12-6-2-10(3-7-12)11-4-8-13(15)9-5-11/h8-15,19H,4-7,16-18H2,1-2H3;2-9,15H. The van der Waals surface area contributed by atoms with E-state index in [1.807, 2.05) is 72.8 Å². The Labute approximate surface area is 266 Å². The predicted octanol–water partition coefficient (Wildman–Crippen LogP) is 11.3. The molecule has 1 unspecified atom stereocenters. The molecule has 0 saturated carbocycles. The molecule has 0 aliphatic heterocycles. The highest BCUT2D eigenvalue weighted by Gasteiger charge is 2.10. The molecule has 0 aliphatic carbocycles. The number of carbonyl (C=O) groups excluding carboxylic acids is 1. The topological polar surface area (TPSA) is 35.0 Å². The van der Waals surface area contributed by atoms with E-state index in [9.17, 15) is 4.79 Å². The minimum atomic E-state index is -0.0982. The number of thiol groups is 1. The second kappa shape index (κ2) is 18.5. The van der Waals surface area contributed by atoms with Gasteiger partial charge in [0.2, 0.25) is 0 Å². The van der Waals surface area contributed by atoms with E-state index in [0.29, 0.717) is 30.3 Å². The molecule has 0 saturated heterocycles. The summed E-state index contributed by atoms with van der Waals surface area (Å²) >= 11 is 5.91. The fourth-order valence-electron chi connectivity index (χ4n) is 4.29. The molecule has 4 aromatic rings. The van der Waals surface area contributed by atoms with Gasteiger partial charge in [-0.25, -0.2) is 9.69 Å². The quantitative estimate of drug-likeness (QED) is 0.0754. The zero-order valence-electron chi connectivity index (χ0n) is 24.8. The largest absolute Gasteiger partial charge is 0.465 e. The number of carbonyl (C=O) groups is 1. The van der Waals surface area contributed by atoms with Gasteiger partial charge in [0.25, 0.3) is 0 Å². The first-order valence-electron chi connectivity index (χ1n) is 14.6. The number of unbranched alkanes of at least 4 members (excludes halogenated alkanes) is 1. The Morgan fingerprint density at radius 3 is 1.67 bits per heavy atom. The maximum Gasteiger partial charge on any atom is 0.306 e. The van der Waals surface area contributed by atoms with Gasteiger partial charge in [-0.1, -0.05) is 106 Å². The van der Waals surface area contributed by atoms with Gasteiger partial charge in [-0.15, -0.1) is 24.4 Å². The number of nitrogens with zero attached hydrogens (tertiary/aromatic N) is 2. The summed E-state index contributed by atoms with van der Waals surface area (Å²) in [5.41, 5.74) is 5.81. The van der Waals surface area contributed by atoms with E-state index >= 15 is 0 Å². The molecule has 0 radical (unpaired) electrons. The summed E-state index contributed by atoms with van der Waals surface area (Å²) in [7, 11) is 0. The van der Waals surface area contributed by atoms with Crippen molar-refractivity contribution in [1.82, 2.24) is 0 Å². The van der Waals surface area contributed by atoms with Crippen LogP contribution in [-0.4, -0.2) is 18.3 Å². The molecule has 4 aromatic carbocycles. The molecule has 0 heterocycles. The van der Waals surface area contributed by atoms with E-state index in [1.165, 1.54) is 12.8 Å². The Balaban J connectivity index is 0.000000282. The Kier molecular flexibility index (Phi) is 14.5. The summed E-state index contributed by atoms with van der Waals surface area (Å²) in [4.78, 5) is 20.8. The van der Waals surface area contributed by atoms with Gasteiger partial charge in [0.15, 0.2) is 11.4 Å². The number of hydrogen-bond donors (Lipinski definition) is 1. The van der Waals surface area contributed by atoms with Crippen LogP contribution >= 0.6 is 24.4 Å². The Bertz CT molecular complexity index is 1490. The molecule has 0 bridgehead atoms. The molecule has 0 N–H and O–H groups in total. The molecular formula is C37H38N2O2S2. The first-order chi connectivity index (χ1) is 20.9.